The van der Waals surface area contributed by atoms with E-state index in [2.05, 4.69) is 5.32 Å². The summed E-state index contributed by atoms with van der Waals surface area (Å²) in [4.78, 5) is 24.6. The molecule has 0 atom stereocenters. The predicted octanol–water partition coefficient (Wildman–Crippen LogP) is 3.08. The van der Waals surface area contributed by atoms with Gasteiger partial charge in [-0.2, -0.15) is 4.31 Å². The van der Waals surface area contributed by atoms with Crippen molar-refractivity contribution in [2.24, 2.45) is 0 Å². The van der Waals surface area contributed by atoms with E-state index in [-0.39, 0.29) is 22.8 Å². The minimum atomic E-state index is -3.66. The van der Waals surface area contributed by atoms with Gasteiger partial charge in [-0.05, 0) is 42.8 Å². The first-order valence-electron chi connectivity index (χ1n) is 9.92. The number of nitrogens with one attached hydrogen (secondary N) is 1. The van der Waals surface area contributed by atoms with E-state index in [9.17, 15) is 18.0 Å². The third kappa shape index (κ3) is 4.95. The van der Waals surface area contributed by atoms with E-state index < -0.39 is 15.9 Å². The second kappa shape index (κ2) is 9.32. The van der Waals surface area contributed by atoms with Crippen LogP contribution in [0.4, 0.5) is 5.69 Å². The number of nitrogens with zero attached hydrogens (tertiary/aromatic N) is 2. The van der Waals surface area contributed by atoms with Crippen molar-refractivity contribution in [2.45, 2.75) is 32.2 Å². The lowest BCUT2D eigenvalue weighted by molar-refractivity contribution is 0.0994. The Balaban J connectivity index is 1.79. The maximum absolute atomic E-state index is 12.9. The van der Waals surface area contributed by atoms with Crippen molar-refractivity contribution in [1.82, 2.24) is 8.87 Å². The van der Waals surface area contributed by atoms with E-state index in [1.807, 2.05) is 0 Å². The molecule has 1 amide bonds. The summed E-state index contributed by atoms with van der Waals surface area (Å²) in [7, 11) is -3.66. The van der Waals surface area contributed by atoms with Gasteiger partial charge in [0.2, 0.25) is 10.0 Å². The summed E-state index contributed by atoms with van der Waals surface area (Å²) in [5, 5.41) is 2.68. The Kier molecular flexibility index (Phi) is 6.77. The number of hydrogen-bond acceptors (Lipinski definition) is 5. The quantitative estimate of drug-likeness (QED) is 0.576. The molecule has 0 bridgehead atoms. The first-order valence-corrected chi connectivity index (χ1v) is 11.4. The predicted molar refractivity (Wildman–Crippen MR) is 118 cm³/mol. The smallest absolute Gasteiger partial charge is 0.291 e. The van der Waals surface area contributed by atoms with Gasteiger partial charge in [-0.25, -0.2) is 8.42 Å². The third-order valence-electron chi connectivity index (χ3n) is 4.88. The van der Waals surface area contributed by atoms with E-state index in [4.69, 9.17) is 4.42 Å². The number of amides is 1. The van der Waals surface area contributed by atoms with Gasteiger partial charge in [-0.1, -0.05) is 26.0 Å². The molecule has 1 N–H and O–H groups in total. The van der Waals surface area contributed by atoms with Gasteiger partial charge in [0.25, 0.3) is 11.5 Å². The van der Waals surface area contributed by atoms with Crippen LogP contribution >= 0.6 is 0 Å². The molecule has 0 aliphatic rings. The summed E-state index contributed by atoms with van der Waals surface area (Å²) in [6, 6.07) is 12.7. The van der Waals surface area contributed by atoms with Crippen LogP contribution < -0.4 is 10.9 Å². The van der Waals surface area contributed by atoms with Crippen molar-refractivity contribution in [3.8, 4) is 0 Å². The lowest BCUT2D eigenvalue weighted by Crippen LogP contribution is -2.31. The standard InChI is InChI=1S/C22H25N3O5S/c1-4-25(5-2)31(28,29)20-14-17(10-9-16(20)3)23-22(27)19-12-11-18(30-19)15-24-13-7-6-8-21(24)26/h6-14H,4-5,15H2,1-3H3,(H,23,27). The molecular formula is C22H25N3O5S. The lowest BCUT2D eigenvalue weighted by atomic mass is 10.2. The van der Waals surface area contributed by atoms with E-state index in [1.54, 1.807) is 57.3 Å². The molecule has 31 heavy (non-hydrogen) atoms. The molecule has 0 fully saturated rings. The molecule has 164 valence electrons. The van der Waals surface area contributed by atoms with Gasteiger partial charge in [0.1, 0.15) is 5.76 Å². The normalized spacial score (nSPS) is 11.6. The minimum Gasteiger partial charge on any atom is -0.454 e. The number of benzene rings is 1. The molecule has 1 aromatic carbocycles. The fourth-order valence-electron chi connectivity index (χ4n) is 3.20. The Morgan fingerprint density at radius 3 is 2.52 bits per heavy atom. The van der Waals surface area contributed by atoms with Crippen molar-refractivity contribution in [3.63, 3.8) is 0 Å². The average Bonchev–Trinajstić information content (AvgIpc) is 3.20. The highest BCUT2D eigenvalue weighted by Crippen LogP contribution is 2.24. The summed E-state index contributed by atoms with van der Waals surface area (Å²) in [6.07, 6.45) is 1.63. The molecule has 0 saturated heterocycles. The number of aromatic nitrogens is 1. The Labute approximate surface area is 181 Å². The van der Waals surface area contributed by atoms with Crippen LogP contribution in [-0.2, 0) is 16.6 Å². The van der Waals surface area contributed by atoms with Gasteiger partial charge in [-0.3, -0.25) is 9.59 Å². The van der Waals surface area contributed by atoms with Crippen molar-refractivity contribution >= 4 is 21.6 Å². The molecule has 0 saturated carbocycles. The summed E-state index contributed by atoms with van der Waals surface area (Å²) in [6.45, 7) is 6.18. The van der Waals surface area contributed by atoms with Gasteiger partial charge in [0.15, 0.2) is 5.76 Å². The second-order valence-electron chi connectivity index (χ2n) is 6.96. The topological polar surface area (TPSA) is 102 Å². The Morgan fingerprint density at radius 1 is 1.10 bits per heavy atom. The maximum atomic E-state index is 12.9. The number of sulfonamides is 1. The van der Waals surface area contributed by atoms with Crippen LogP contribution in [0.3, 0.4) is 0 Å². The maximum Gasteiger partial charge on any atom is 0.291 e. The molecule has 8 nitrogen and oxygen atoms in total. The zero-order valence-electron chi connectivity index (χ0n) is 17.7. The highest BCUT2D eigenvalue weighted by molar-refractivity contribution is 7.89. The highest BCUT2D eigenvalue weighted by Gasteiger charge is 2.24. The number of carbonyl (C=O) groups excluding carboxylic acids is 1. The van der Waals surface area contributed by atoms with E-state index >= 15 is 0 Å². The van der Waals surface area contributed by atoms with Crippen molar-refractivity contribution in [1.29, 1.82) is 0 Å². The second-order valence-corrected chi connectivity index (χ2v) is 8.86. The molecular weight excluding hydrogens is 418 g/mol. The van der Waals surface area contributed by atoms with E-state index in [0.717, 1.165) is 0 Å². The first-order chi connectivity index (χ1) is 14.8. The Bertz CT molecular complexity index is 1240. The van der Waals surface area contributed by atoms with Gasteiger partial charge in [0, 0.05) is 31.0 Å². The summed E-state index contributed by atoms with van der Waals surface area (Å²) >= 11 is 0. The molecule has 0 radical (unpaired) electrons. The highest BCUT2D eigenvalue weighted by atomic mass is 32.2. The number of rotatable bonds is 8. The van der Waals surface area contributed by atoms with E-state index in [0.29, 0.717) is 30.1 Å². The molecule has 0 spiro atoms. The van der Waals surface area contributed by atoms with Crippen molar-refractivity contribution in [3.05, 3.63) is 82.2 Å². The number of hydrogen-bond donors (Lipinski definition) is 1. The van der Waals surface area contributed by atoms with Crippen LogP contribution in [0.2, 0.25) is 0 Å². The lowest BCUT2D eigenvalue weighted by Gasteiger charge is -2.20. The van der Waals surface area contributed by atoms with Crippen molar-refractivity contribution in [2.75, 3.05) is 18.4 Å². The molecule has 2 heterocycles. The van der Waals surface area contributed by atoms with Crippen LogP contribution in [0, 0.1) is 6.92 Å². The van der Waals surface area contributed by atoms with E-state index in [1.165, 1.54) is 27.1 Å². The van der Waals surface area contributed by atoms with Crippen LogP contribution in [0.15, 0.2) is 68.8 Å². The molecule has 0 unspecified atom stereocenters. The third-order valence-corrected chi connectivity index (χ3v) is 7.07. The summed E-state index contributed by atoms with van der Waals surface area (Å²) in [5.41, 5.74) is 0.767. The average molecular weight is 444 g/mol. The summed E-state index contributed by atoms with van der Waals surface area (Å²) in [5.74, 6) is 0.00144. The SMILES string of the molecule is CCN(CC)S(=O)(=O)c1cc(NC(=O)c2ccc(Cn3ccccc3=O)o2)ccc1C. The zero-order chi connectivity index (χ0) is 22.6. The van der Waals surface area contributed by atoms with Gasteiger partial charge in [-0.15, -0.1) is 0 Å². The van der Waals surface area contributed by atoms with Crippen LogP contribution in [0.5, 0.6) is 0 Å². The molecule has 0 aliphatic heterocycles. The van der Waals surface area contributed by atoms with Gasteiger partial charge >= 0.3 is 0 Å². The zero-order valence-corrected chi connectivity index (χ0v) is 18.5. The number of carbonyl (C=O) groups is 1. The summed E-state index contributed by atoms with van der Waals surface area (Å²) < 4.78 is 34.2. The van der Waals surface area contributed by atoms with Crippen LogP contribution in [-0.4, -0.2) is 36.3 Å². The fourth-order valence-corrected chi connectivity index (χ4v) is 4.90. The molecule has 2 aromatic heterocycles. The minimum absolute atomic E-state index is 0.0627. The Hall–Kier alpha value is -3.17. The number of anilines is 1. The molecule has 3 aromatic rings. The molecule has 9 heteroatoms. The van der Waals surface area contributed by atoms with Gasteiger partial charge < -0.3 is 14.3 Å². The molecule has 3 rings (SSSR count). The molecule has 0 aliphatic carbocycles. The number of furan rings is 1. The fraction of sp³-hybridized carbons (Fsp3) is 0.273. The van der Waals surface area contributed by atoms with Crippen molar-refractivity contribution < 1.29 is 17.6 Å². The monoisotopic (exact) mass is 443 g/mol. The largest absolute Gasteiger partial charge is 0.454 e. The van der Waals surface area contributed by atoms with Gasteiger partial charge in [0.05, 0.1) is 11.4 Å². The number of pyridine rings is 1. The van der Waals surface area contributed by atoms with Crippen LogP contribution in [0.1, 0.15) is 35.7 Å². The number of aryl methyl sites for hydroxylation is 1. The van der Waals surface area contributed by atoms with Crippen LogP contribution in [0.25, 0.3) is 0 Å². The first kappa shape index (κ1) is 22.5. The Morgan fingerprint density at radius 2 is 1.84 bits per heavy atom.